The first-order valence-electron chi connectivity index (χ1n) is 5.40. The van der Waals surface area contributed by atoms with Crippen LogP contribution in [0.4, 0.5) is 0 Å². The third-order valence-corrected chi connectivity index (χ3v) is 2.84. The Hall–Kier alpha value is -1.42. The third-order valence-electron chi connectivity index (χ3n) is 2.34. The van der Waals surface area contributed by atoms with Crippen LogP contribution in [0.3, 0.4) is 0 Å². The van der Waals surface area contributed by atoms with Gasteiger partial charge in [0, 0.05) is 9.86 Å². The van der Waals surface area contributed by atoms with E-state index >= 15 is 0 Å². The molecular weight excluding hydrogens is 282 g/mol. The SMILES string of the molecule is CCOC(=O)Cc1ccc2ccc(Br)cc2n1. The number of benzene rings is 1. The van der Waals surface area contributed by atoms with Crippen LogP contribution >= 0.6 is 15.9 Å². The van der Waals surface area contributed by atoms with E-state index in [2.05, 4.69) is 20.9 Å². The molecule has 88 valence electrons. The zero-order chi connectivity index (χ0) is 12.3. The molecule has 0 saturated carbocycles. The van der Waals surface area contributed by atoms with Crippen molar-refractivity contribution >= 4 is 32.8 Å². The number of rotatable bonds is 3. The highest BCUT2D eigenvalue weighted by Crippen LogP contribution is 2.18. The maximum absolute atomic E-state index is 11.3. The maximum atomic E-state index is 11.3. The van der Waals surface area contributed by atoms with E-state index in [1.54, 1.807) is 6.92 Å². The minimum Gasteiger partial charge on any atom is -0.466 e. The smallest absolute Gasteiger partial charge is 0.311 e. The first-order valence-corrected chi connectivity index (χ1v) is 6.19. The summed E-state index contributed by atoms with van der Waals surface area (Å²) in [7, 11) is 0. The van der Waals surface area contributed by atoms with Crippen molar-refractivity contribution in [2.24, 2.45) is 0 Å². The van der Waals surface area contributed by atoms with Gasteiger partial charge in [-0.3, -0.25) is 9.78 Å². The summed E-state index contributed by atoms with van der Waals surface area (Å²) in [5, 5.41) is 1.06. The highest BCUT2D eigenvalue weighted by molar-refractivity contribution is 9.10. The van der Waals surface area contributed by atoms with E-state index in [1.807, 2.05) is 30.3 Å². The number of ether oxygens (including phenoxy) is 1. The fourth-order valence-corrected chi connectivity index (χ4v) is 1.94. The van der Waals surface area contributed by atoms with Gasteiger partial charge < -0.3 is 4.74 Å². The van der Waals surface area contributed by atoms with Crippen LogP contribution in [0.15, 0.2) is 34.8 Å². The van der Waals surface area contributed by atoms with Gasteiger partial charge in [-0.15, -0.1) is 0 Å². The zero-order valence-electron chi connectivity index (χ0n) is 9.44. The van der Waals surface area contributed by atoms with Crippen molar-refractivity contribution in [3.63, 3.8) is 0 Å². The fourth-order valence-electron chi connectivity index (χ4n) is 1.59. The summed E-state index contributed by atoms with van der Waals surface area (Å²) in [6, 6.07) is 9.70. The molecule has 2 rings (SSSR count). The first-order chi connectivity index (χ1) is 8.19. The summed E-state index contributed by atoms with van der Waals surface area (Å²) in [5.74, 6) is -0.241. The molecule has 0 atom stereocenters. The number of fused-ring (bicyclic) bond motifs is 1. The first kappa shape index (κ1) is 12.0. The lowest BCUT2D eigenvalue weighted by Gasteiger charge is -2.03. The highest BCUT2D eigenvalue weighted by Gasteiger charge is 2.06. The van der Waals surface area contributed by atoms with Crippen LogP contribution in [0.25, 0.3) is 10.9 Å². The molecule has 0 spiro atoms. The van der Waals surface area contributed by atoms with Crippen molar-refractivity contribution in [3.05, 3.63) is 40.5 Å². The summed E-state index contributed by atoms with van der Waals surface area (Å²) in [6.45, 7) is 2.20. The third kappa shape index (κ3) is 3.03. The van der Waals surface area contributed by atoms with Crippen LogP contribution in [-0.2, 0) is 16.0 Å². The second-order valence-corrected chi connectivity index (χ2v) is 4.54. The predicted molar refractivity (Wildman–Crippen MR) is 69.8 cm³/mol. The average Bonchev–Trinajstić information content (AvgIpc) is 2.28. The molecule has 0 radical (unpaired) electrons. The Morgan fingerprint density at radius 3 is 2.88 bits per heavy atom. The number of hydrogen-bond donors (Lipinski definition) is 0. The number of nitrogens with zero attached hydrogens (tertiary/aromatic N) is 1. The Morgan fingerprint density at radius 1 is 1.35 bits per heavy atom. The minimum absolute atomic E-state index is 0.219. The molecule has 0 saturated heterocycles. The van der Waals surface area contributed by atoms with Crippen LogP contribution in [0.5, 0.6) is 0 Å². The van der Waals surface area contributed by atoms with Crippen molar-refractivity contribution in [3.8, 4) is 0 Å². The van der Waals surface area contributed by atoms with E-state index < -0.39 is 0 Å². The largest absolute Gasteiger partial charge is 0.466 e. The average molecular weight is 294 g/mol. The molecule has 1 heterocycles. The number of carbonyl (C=O) groups is 1. The molecular formula is C13H12BrNO2. The van der Waals surface area contributed by atoms with E-state index in [0.717, 1.165) is 21.1 Å². The van der Waals surface area contributed by atoms with Crippen LogP contribution in [0, 0.1) is 0 Å². The molecule has 3 nitrogen and oxygen atoms in total. The maximum Gasteiger partial charge on any atom is 0.311 e. The molecule has 0 N–H and O–H groups in total. The van der Waals surface area contributed by atoms with E-state index in [0.29, 0.717) is 6.61 Å². The Labute approximate surface area is 108 Å². The second kappa shape index (κ2) is 5.27. The molecule has 0 fully saturated rings. The quantitative estimate of drug-likeness (QED) is 0.817. The Kier molecular flexibility index (Phi) is 3.74. The van der Waals surface area contributed by atoms with Gasteiger partial charge in [-0.2, -0.15) is 0 Å². The van der Waals surface area contributed by atoms with E-state index in [9.17, 15) is 4.79 Å². The zero-order valence-corrected chi connectivity index (χ0v) is 11.0. The Bertz CT molecular complexity index is 554. The van der Waals surface area contributed by atoms with Gasteiger partial charge in [0.2, 0.25) is 0 Å². The van der Waals surface area contributed by atoms with Crippen molar-refractivity contribution < 1.29 is 9.53 Å². The van der Waals surface area contributed by atoms with Gasteiger partial charge in [0.25, 0.3) is 0 Å². The van der Waals surface area contributed by atoms with Gasteiger partial charge in [-0.05, 0) is 25.1 Å². The topological polar surface area (TPSA) is 39.2 Å². The number of pyridine rings is 1. The van der Waals surface area contributed by atoms with Crippen LogP contribution in [0.1, 0.15) is 12.6 Å². The van der Waals surface area contributed by atoms with Gasteiger partial charge in [-0.25, -0.2) is 0 Å². The van der Waals surface area contributed by atoms with Crippen molar-refractivity contribution in [2.45, 2.75) is 13.3 Å². The van der Waals surface area contributed by atoms with Gasteiger partial charge in [0.05, 0.1) is 24.2 Å². The van der Waals surface area contributed by atoms with Crippen LogP contribution < -0.4 is 0 Å². The molecule has 1 aromatic heterocycles. The highest BCUT2D eigenvalue weighted by atomic mass is 79.9. The summed E-state index contributed by atoms with van der Waals surface area (Å²) in [6.07, 6.45) is 0.219. The number of aromatic nitrogens is 1. The molecule has 0 amide bonds. The standard InChI is InChI=1S/C13H12BrNO2/c1-2-17-13(16)8-11-6-4-9-3-5-10(14)7-12(9)15-11/h3-7H,2,8H2,1H3. The molecule has 17 heavy (non-hydrogen) atoms. The Morgan fingerprint density at radius 2 is 2.12 bits per heavy atom. The lowest BCUT2D eigenvalue weighted by molar-refractivity contribution is -0.142. The summed E-state index contributed by atoms with van der Waals surface area (Å²) in [5.41, 5.74) is 1.61. The van der Waals surface area contributed by atoms with Gasteiger partial charge in [-0.1, -0.05) is 28.1 Å². The van der Waals surface area contributed by atoms with Gasteiger partial charge in [0.1, 0.15) is 0 Å². The van der Waals surface area contributed by atoms with Crippen LogP contribution in [-0.4, -0.2) is 17.6 Å². The monoisotopic (exact) mass is 293 g/mol. The summed E-state index contributed by atoms with van der Waals surface area (Å²) >= 11 is 3.40. The van der Waals surface area contributed by atoms with E-state index in [-0.39, 0.29) is 12.4 Å². The molecule has 1 aromatic carbocycles. The van der Waals surface area contributed by atoms with E-state index in [4.69, 9.17) is 4.74 Å². The fraction of sp³-hybridized carbons (Fsp3) is 0.231. The number of carbonyl (C=O) groups excluding carboxylic acids is 1. The van der Waals surface area contributed by atoms with E-state index in [1.165, 1.54) is 0 Å². The van der Waals surface area contributed by atoms with Gasteiger partial charge in [0.15, 0.2) is 0 Å². The molecule has 2 aromatic rings. The summed E-state index contributed by atoms with van der Waals surface area (Å²) < 4.78 is 5.87. The number of hydrogen-bond acceptors (Lipinski definition) is 3. The molecule has 0 aliphatic rings. The molecule has 0 aliphatic carbocycles. The Balaban J connectivity index is 2.27. The van der Waals surface area contributed by atoms with Crippen LogP contribution in [0.2, 0.25) is 0 Å². The van der Waals surface area contributed by atoms with Crippen molar-refractivity contribution in [1.29, 1.82) is 0 Å². The van der Waals surface area contributed by atoms with Crippen molar-refractivity contribution in [1.82, 2.24) is 4.98 Å². The molecule has 0 unspecified atom stereocenters. The molecule has 0 bridgehead atoms. The second-order valence-electron chi connectivity index (χ2n) is 3.62. The summed E-state index contributed by atoms with van der Waals surface area (Å²) in [4.78, 5) is 15.8. The lowest BCUT2D eigenvalue weighted by atomic mass is 10.2. The predicted octanol–water partition coefficient (Wildman–Crippen LogP) is 3.10. The number of halogens is 1. The molecule has 4 heteroatoms. The van der Waals surface area contributed by atoms with Gasteiger partial charge >= 0.3 is 5.97 Å². The number of esters is 1. The lowest BCUT2D eigenvalue weighted by Crippen LogP contribution is -2.08. The normalized spacial score (nSPS) is 10.5. The van der Waals surface area contributed by atoms with Crippen molar-refractivity contribution in [2.75, 3.05) is 6.61 Å². The molecule has 0 aliphatic heterocycles. The minimum atomic E-state index is -0.241.